The van der Waals surface area contributed by atoms with Crippen molar-refractivity contribution in [2.24, 2.45) is 15.8 Å². The van der Waals surface area contributed by atoms with Crippen LogP contribution in [0.4, 0.5) is 0 Å². The normalized spacial score (nSPS) is 13.2. The summed E-state index contributed by atoms with van der Waals surface area (Å²) in [5, 5.41) is 14.5. The fourth-order valence-electron chi connectivity index (χ4n) is 2.43. The molecule has 21 heavy (non-hydrogen) atoms. The highest BCUT2D eigenvalue weighted by atomic mass is 28.2. The summed E-state index contributed by atoms with van der Waals surface area (Å²) in [5.74, 6) is 1.06. The molecule has 1 rings (SSSR count). The number of hydrogen-bond acceptors (Lipinski definition) is 3. The number of para-hydroxylation sites is 1. The summed E-state index contributed by atoms with van der Waals surface area (Å²) in [4.78, 5) is 0. The van der Waals surface area contributed by atoms with Crippen LogP contribution < -0.4 is 0 Å². The van der Waals surface area contributed by atoms with E-state index in [-0.39, 0.29) is 0 Å². The Kier molecular flexibility index (Phi) is 8.67. The molecule has 0 saturated carbocycles. The van der Waals surface area contributed by atoms with Crippen LogP contribution in [0.15, 0.2) is 40.4 Å². The zero-order chi connectivity index (χ0) is 15.5. The van der Waals surface area contributed by atoms with Gasteiger partial charge >= 0.3 is 0 Å². The zero-order valence-electron chi connectivity index (χ0n) is 13.4. The first kappa shape index (κ1) is 17.6. The average Bonchev–Trinajstić information content (AvgIpc) is 2.50. The Morgan fingerprint density at radius 1 is 1.33 bits per heavy atom. The fraction of sp³-hybridized carbons (Fsp3) is 0.529. The van der Waals surface area contributed by atoms with Crippen molar-refractivity contribution in [2.45, 2.75) is 52.5 Å². The predicted octanol–water partition coefficient (Wildman–Crippen LogP) is 4.33. The summed E-state index contributed by atoms with van der Waals surface area (Å²) in [7, 11) is -0.607. The summed E-state index contributed by atoms with van der Waals surface area (Å²) in [6.45, 7) is 8.58. The first-order valence-corrected chi connectivity index (χ1v) is 9.41. The molecule has 0 aliphatic rings. The Morgan fingerprint density at radius 3 is 2.76 bits per heavy atom. The van der Waals surface area contributed by atoms with Crippen LogP contribution in [0.2, 0.25) is 0 Å². The molecule has 1 unspecified atom stereocenters. The Bertz CT molecular complexity index is 460. The number of benzene rings is 1. The Hall–Kier alpha value is -1.42. The lowest BCUT2D eigenvalue weighted by Crippen LogP contribution is -2.04. The standard InChI is InChI=1S/C17H28N2OSi/c1-4-7-9-14(5-2)12-15-10-8-11-16(17(15)20)13-18-19-21-6-3/h6,8,10-11,14,20H,3-5,7,9,12-13,21H2,1-2H3/b19-18+. The van der Waals surface area contributed by atoms with Crippen molar-refractivity contribution in [3.63, 3.8) is 0 Å². The molecule has 0 aliphatic heterocycles. The fourth-order valence-corrected chi connectivity index (χ4v) is 2.76. The molecule has 0 saturated heterocycles. The number of rotatable bonds is 10. The molecule has 0 aliphatic carbocycles. The van der Waals surface area contributed by atoms with E-state index in [1.54, 1.807) is 0 Å². The lowest BCUT2D eigenvalue weighted by Gasteiger charge is -2.16. The van der Waals surface area contributed by atoms with Crippen LogP contribution in [0.5, 0.6) is 5.75 Å². The van der Waals surface area contributed by atoms with Crippen LogP contribution in [0.3, 0.4) is 0 Å². The van der Waals surface area contributed by atoms with E-state index < -0.39 is 9.68 Å². The number of unbranched alkanes of at least 4 members (excludes halogenated alkanes) is 1. The van der Waals surface area contributed by atoms with Crippen molar-refractivity contribution in [1.82, 2.24) is 0 Å². The zero-order valence-corrected chi connectivity index (χ0v) is 14.8. The third-order valence-corrected chi connectivity index (χ3v) is 4.43. The molecule has 0 radical (unpaired) electrons. The van der Waals surface area contributed by atoms with Gasteiger partial charge in [-0.2, -0.15) is 5.11 Å². The van der Waals surface area contributed by atoms with Gasteiger partial charge < -0.3 is 5.11 Å². The summed E-state index contributed by atoms with van der Waals surface area (Å²) in [5.41, 5.74) is 3.77. The third-order valence-electron chi connectivity index (χ3n) is 3.81. The van der Waals surface area contributed by atoms with Crippen LogP contribution in [-0.4, -0.2) is 14.8 Å². The van der Waals surface area contributed by atoms with Gasteiger partial charge in [0.05, 0.1) is 6.54 Å². The predicted molar refractivity (Wildman–Crippen MR) is 92.4 cm³/mol. The third kappa shape index (κ3) is 6.25. The van der Waals surface area contributed by atoms with E-state index >= 15 is 0 Å². The molecule has 0 bridgehead atoms. The van der Waals surface area contributed by atoms with Crippen LogP contribution in [0.25, 0.3) is 0 Å². The average molecular weight is 305 g/mol. The highest BCUT2D eigenvalue weighted by Crippen LogP contribution is 2.28. The van der Waals surface area contributed by atoms with Gasteiger partial charge in [0, 0.05) is 5.56 Å². The smallest absolute Gasteiger partial charge is 0.201 e. The summed E-state index contributed by atoms with van der Waals surface area (Å²) in [6, 6.07) is 5.97. The van der Waals surface area contributed by atoms with Crippen molar-refractivity contribution >= 4 is 9.68 Å². The maximum Gasteiger partial charge on any atom is 0.201 e. The molecular weight excluding hydrogens is 276 g/mol. The molecule has 0 amide bonds. The summed E-state index contributed by atoms with van der Waals surface area (Å²) >= 11 is 0. The lowest BCUT2D eigenvalue weighted by atomic mass is 9.91. The van der Waals surface area contributed by atoms with Gasteiger partial charge in [-0.25, -0.2) is 4.78 Å². The first-order valence-electron chi connectivity index (χ1n) is 7.96. The summed E-state index contributed by atoms with van der Waals surface area (Å²) < 4.78 is 4.11. The van der Waals surface area contributed by atoms with E-state index in [0.29, 0.717) is 18.2 Å². The number of nitrogens with zero attached hydrogens (tertiary/aromatic N) is 2. The molecule has 4 heteroatoms. The van der Waals surface area contributed by atoms with Crippen molar-refractivity contribution < 1.29 is 5.11 Å². The lowest BCUT2D eigenvalue weighted by molar-refractivity contribution is 0.423. The van der Waals surface area contributed by atoms with Gasteiger partial charge in [-0.3, -0.25) is 0 Å². The first-order chi connectivity index (χ1) is 10.2. The number of aromatic hydroxyl groups is 1. The van der Waals surface area contributed by atoms with Gasteiger partial charge in [0.1, 0.15) is 5.75 Å². The monoisotopic (exact) mass is 304 g/mol. The van der Waals surface area contributed by atoms with E-state index in [1.165, 1.54) is 19.3 Å². The highest BCUT2D eigenvalue weighted by Gasteiger charge is 2.12. The van der Waals surface area contributed by atoms with Crippen molar-refractivity contribution in [1.29, 1.82) is 0 Å². The van der Waals surface area contributed by atoms with Gasteiger partial charge in [0.25, 0.3) is 0 Å². The van der Waals surface area contributed by atoms with E-state index in [0.717, 1.165) is 24.0 Å². The van der Waals surface area contributed by atoms with E-state index in [1.807, 2.05) is 23.9 Å². The topological polar surface area (TPSA) is 45.0 Å². The van der Waals surface area contributed by atoms with Gasteiger partial charge in [-0.1, -0.05) is 63.4 Å². The number of hydrogen-bond donors (Lipinski definition) is 1. The summed E-state index contributed by atoms with van der Waals surface area (Å²) in [6.07, 6.45) is 5.85. The SMILES string of the molecule is C=C[SiH2]/N=N/Cc1cccc(CC(CC)CCCC)c1O. The van der Waals surface area contributed by atoms with Crippen LogP contribution in [-0.2, 0) is 13.0 Å². The van der Waals surface area contributed by atoms with E-state index in [2.05, 4.69) is 30.3 Å². The molecule has 0 heterocycles. The molecule has 0 fully saturated rings. The molecule has 3 nitrogen and oxygen atoms in total. The van der Waals surface area contributed by atoms with Gasteiger partial charge in [-0.15, -0.1) is 6.58 Å². The second kappa shape index (κ2) is 10.3. The van der Waals surface area contributed by atoms with E-state index in [4.69, 9.17) is 0 Å². The van der Waals surface area contributed by atoms with E-state index in [9.17, 15) is 5.11 Å². The Morgan fingerprint density at radius 2 is 2.10 bits per heavy atom. The molecule has 1 atom stereocenters. The highest BCUT2D eigenvalue weighted by molar-refractivity contribution is 6.39. The second-order valence-corrected chi connectivity index (χ2v) is 6.68. The molecule has 1 aromatic rings. The molecule has 0 aromatic heterocycles. The second-order valence-electron chi connectivity index (χ2n) is 5.46. The van der Waals surface area contributed by atoms with Gasteiger partial charge in [-0.05, 0) is 17.9 Å². The minimum absolute atomic E-state index is 0.409. The molecule has 0 spiro atoms. The molecular formula is C17H28N2OSi. The van der Waals surface area contributed by atoms with Gasteiger partial charge in [0.2, 0.25) is 9.68 Å². The molecule has 1 aromatic carbocycles. The largest absolute Gasteiger partial charge is 0.507 e. The maximum atomic E-state index is 10.4. The van der Waals surface area contributed by atoms with Crippen molar-refractivity contribution in [3.05, 3.63) is 41.6 Å². The minimum atomic E-state index is -0.607. The van der Waals surface area contributed by atoms with Gasteiger partial charge in [0.15, 0.2) is 0 Å². The molecule has 116 valence electrons. The number of phenols is 1. The Balaban J connectivity index is 2.72. The Labute approximate surface area is 131 Å². The van der Waals surface area contributed by atoms with Crippen LogP contribution in [0.1, 0.15) is 50.7 Å². The van der Waals surface area contributed by atoms with Crippen molar-refractivity contribution in [3.8, 4) is 5.75 Å². The minimum Gasteiger partial charge on any atom is -0.507 e. The van der Waals surface area contributed by atoms with Crippen LogP contribution in [0, 0.1) is 5.92 Å². The quantitative estimate of drug-likeness (QED) is 0.507. The maximum absolute atomic E-state index is 10.4. The van der Waals surface area contributed by atoms with Crippen molar-refractivity contribution in [2.75, 3.05) is 0 Å². The number of phenolic OH excluding ortho intramolecular Hbond substituents is 1. The molecule has 1 N–H and O–H groups in total. The van der Waals surface area contributed by atoms with Crippen LogP contribution >= 0.6 is 0 Å².